The molecule has 0 spiro atoms. The van der Waals surface area contributed by atoms with Crippen molar-refractivity contribution in [3.05, 3.63) is 42.1 Å². The molecule has 0 bridgehead atoms. The monoisotopic (exact) mass is 476 g/mol. The number of ether oxygens (including phenoxy) is 1. The molecule has 8 heteroatoms. The van der Waals surface area contributed by atoms with Gasteiger partial charge in [0.25, 0.3) is 0 Å². The number of carbonyl (C=O) groups is 2. The van der Waals surface area contributed by atoms with Gasteiger partial charge in [0.2, 0.25) is 5.91 Å². The molecule has 0 fully saturated rings. The van der Waals surface area contributed by atoms with Crippen molar-refractivity contribution in [2.24, 2.45) is 5.92 Å². The highest BCUT2D eigenvalue weighted by Crippen LogP contribution is 2.21. The molecule has 1 aromatic carbocycles. The number of rotatable bonds is 11. The molecular weight excluding hydrogens is 440 g/mol. The summed E-state index contributed by atoms with van der Waals surface area (Å²) in [4.78, 5) is 30.4. The van der Waals surface area contributed by atoms with E-state index in [1.54, 1.807) is 33.9 Å². The molecule has 1 aromatic heterocycles. The summed E-state index contributed by atoms with van der Waals surface area (Å²) in [6.07, 6.45) is 3.90. The van der Waals surface area contributed by atoms with Crippen LogP contribution in [0.15, 0.2) is 36.5 Å². The molecule has 2 atom stereocenters. The number of aromatic nitrogens is 1. The molecule has 33 heavy (non-hydrogen) atoms. The molecular formula is C25H36N2O5S. The number of sulfone groups is 1. The van der Waals surface area contributed by atoms with E-state index in [1.807, 2.05) is 37.3 Å². The molecule has 1 heterocycles. The van der Waals surface area contributed by atoms with Crippen molar-refractivity contribution in [3.8, 4) is 0 Å². The quantitative estimate of drug-likeness (QED) is 0.494. The van der Waals surface area contributed by atoms with Crippen LogP contribution in [-0.4, -0.2) is 48.4 Å². The third kappa shape index (κ3) is 8.42. The molecule has 182 valence electrons. The summed E-state index contributed by atoms with van der Waals surface area (Å²) in [5.74, 6) is -2.15. The molecule has 0 unspecified atom stereocenters. The molecule has 1 N–H and O–H groups in total. The van der Waals surface area contributed by atoms with Crippen LogP contribution in [0.3, 0.4) is 0 Å². The van der Waals surface area contributed by atoms with Gasteiger partial charge in [-0.3, -0.25) is 9.78 Å². The van der Waals surface area contributed by atoms with Crippen LogP contribution in [0, 0.1) is 5.92 Å². The number of unbranched alkanes of at least 4 members (excludes halogenated alkanes) is 1. The minimum atomic E-state index is -3.43. The Labute approximate surface area is 197 Å². The van der Waals surface area contributed by atoms with Gasteiger partial charge < -0.3 is 10.1 Å². The van der Waals surface area contributed by atoms with Crippen LogP contribution in [-0.2, 0) is 30.6 Å². The number of hydrogen-bond acceptors (Lipinski definition) is 6. The minimum absolute atomic E-state index is 0.0563. The van der Waals surface area contributed by atoms with E-state index in [1.165, 1.54) is 0 Å². The molecule has 0 aliphatic carbocycles. The van der Waals surface area contributed by atoms with Crippen LogP contribution in [0.5, 0.6) is 0 Å². The standard InChI is InChI=1S/C25H36N2O5S/c1-6-8-12-22(24(29)32-25(3,4)5)27-23(28)19(17-33(30,31)7-2)16-18-14-15-26-21-13-10-9-11-20(18)21/h9-11,13-15,19,22H,6-8,12,16-17H2,1-5H3,(H,27,28)/t19-,22+/m1/s1. The second kappa shape index (κ2) is 11.6. The zero-order valence-electron chi connectivity index (χ0n) is 20.3. The third-order valence-electron chi connectivity index (χ3n) is 5.33. The third-order valence-corrected chi connectivity index (χ3v) is 7.12. The van der Waals surface area contributed by atoms with Gasteiger partial charge in [0.15, 0.2) is 9.84 Å². The number of pyridine rings is 1. The molecule has 2 rings (SSSR count). The molecule has 0 aliphatic rings. The van der Waals surface area contributed by atoms with E-state index < -0.39 is 39.3 Å². The molecule has 0 saturated heterocycles. The van der Waals surface area contributed by atoms with Gasteiger partial charge in [0.1, 0.15) is 11.6 Å². The maximum atomic E-state index is 13.3. The lowest BCUT2D eigenvalue weighted by Crippen LogP contribution is -2.47. The lowest BCUT2D eigenvalue weighted by Gasteiger charge is -2.26. The lowest BCUT2D eigenvalue weighted by atomic mass is 9.96. The predicted octanol–water partition coefficient (Wildman–Crippen LogP) is 3.84. The zero-order valence-corrected chi connectivity index (χ0v) is 21.1. The van der Waals surface area contributed by atoms with Crippen LogP contribution >= 0.6 is 0 Å². The van der Waals surface area contributed by atoms with Crippen LogP contribution in [0.1, 0.15) is 59.4 Å². The van der Waals surface area contributed by atoms with Gasteiger partial charge >= 0.3 is 5.97 Å². The highest BCUT2D eigenvalue weighted by atomic mass is 32.2. The van der Waals surface area contributed by atoms with E-state index in [0.29, 0.717) is 6.42 Å². The summed E-state index contributed by atoms with van der Waals surface area (Å²) in [5.41, 5.74) is 0.934. The van der Waals surface area contributed by atoms with Crippen LogP contribution in [0.4, 0.5) is 0 Å². The summed E-state index contributed by atoms with van der Waals surface area (Å²) in [6, 6.07) is 8.53. The van der Waals surface area contributed by atoms with Crippen molar-refractivity contribution >= 4 is 32.6 Å². The molecule has 0 saturated carbocycles. The van der Waals surface area contributed by atoms with E-state index in [0.717, 1.165) is 29.3 Å². The molecule has 7 nitrogen and oxygen atoms in total. The van der Waals surface area contributed by atoms with Gasteiger partial charge in [-0.15, -0.1) is 0 Å². The van der Waals surface area contributed by atoms with E-state index in [2.05, 4.69) is 10.3 Å². The average Bonchev–Trinajstić information content (AvgIpc) is 2.74. The molecule has 0 radical (unpaired) electrons. The molecule has 0 aliphatic heterocycles. The van der Waals surface area contributed by atoms with Gasteiger partial charge in [-0.05, 0) is 51.3 Å². The second-order valence-electron chi connectivity index (χ2n) is 9.32. The number of hydrogen-bond donors (Lipinski definition) is 1. The summed E-state index contributed by atoms with van der Waals surface area (Å²) < 4.78 is 30.4. The summed E-state index contributed by atoms with van der Waals surface area (Å²) >= 11 is 0. The normalized spacial score (nSPS) is 14.0. The van der Waals surface area contributed by atoms with Crippen molar-refractivity contribution in [2.75, 3.05) is 11.5 Å². The maximum Gasteiger partial charge on any atom is 0.329 e. The first kappa shape index (κ1) is 26.8. The Morgan fingerprint density at radius 1 is 1.12 bits per heavy atom. The van der Waals surface area contributed by atoms with Gasteiger partial charge in [-0.1, -0.05) is 44.9 Å². The van der Waals surface area contributed by atoms with Crippen LogP contribution < -0.4 is 5.32 Å². The van der Waals surface area contributed by atoms with E-state index in [-0.39, 0.29) is 17.9 Å². The SMILES string of the molecule is CCCC[C@H](NC(=O)[C@H](Cc1ccnc2ccccc12)CS(=O)(=O)CC)C(=O)OC(C)(C)C. The number of fused-ring (bicyclic) bond motifs is 1. The highest BCUT2D eigenvalue weighted by molar-refractivity contribution is 7.91. The Morgan fingerprint density at radius 2 is 1.82 bits per heavy atom. The Kier molecular flexibility index (Phi) is 9.40. The first-order valence-electron chi connectivity index (χ1n) is 11.5. The number of benzene rings is 1. The largest absolute Gasteiger partial charge is 0.458 e. The highest BCUT2D eigenvalue weighted by Gasteiger charge is 2.31. The van der Waals surface area contributed by atoms with Crippen molar-refractivity contribution < 1.29 is 22.7 Å². The van der Waals surface area contributed by atoms with Crippen molar-refractivity contribution in [1.29, 1.82) is 0 Å². The number of amides is 1. The fraction of sp³-hybridized carbons (Fsp3) is 0.560. The Morgan fingerprint density at radius 3 is 2.45 bits per heavy atom. The Balaban J connectivity index is 2.32. The Bertz CT molecular complexity index is 1050. The van der Waals surface area contributed by atoms with E-state index >= 15 is 0 Å². The van der Waals surface area contributed by atoms with Crippen LogP contribution in [0.2, 0.25) is 0 Å². The summed E-state index contributed by atoms with van der Waals surface area (Å²) in [6.45, 7) is 8.88. The van der Waals surface area contributed by atoms with Crippen molar-refractivity contribution in [3.63, 3.8) is 0 Å². The van der Waals surface area contributed by atoms with E-state index in [9.17, 15) is 18.0 Å². The first-order valence-corrected chi connectivity index (χ1v) is 13.3. The molecule has 1 amide bonds. The van der Waals surface area contributed by atoms with E-state index in [4.69, 9.17) is 4.74 Å². The lowest BCUT2D eigenvalue weighted by molar-refractivity contribution is -0.159. The molecule has 2 aromatic rings. The smallest absolute Gasteiger partial charge is 0.329 e. The number of nitrogens with one attached hydrogen (secondary N) is 1. The average molecular weight is 477 g/mol. The maximum absolute atomic E-state index is 13.3. The Hall–Kier alpha value is -2.48. The minimum Gasteiger partial charge on any atom is -0.458 e. The summed E-state index contributed by atoms with van der Waals surface area (Å²) in [5, 5.41) is 3.67. The van der Waals surface area contributed by atoms with Crippen LogP contribution in [0.25, 0.3) is 10.9 Å². The van der Waals surface area contributed by atoms with Gasteiger partial charge in [-0.25, -0.2) is 13.2 Å². The van der Waals surface area contributed by atoms with Crippen molar-refractivity contribution in [1.82, 2.24) is 10.3 Å². The number of carbonyl (C=O) groups excluding carboxylic acids is 2. The summed E-state index contributed by atoms with van der Waals surface area (Å²) in [7, 11) is -3.43. The van der Waals surface area contributed by atoms with Gasteiger partial charge in [0.05, 0.1) is 17.2 Å². The number of esters is 1. The van der Waals surface area contributed by atoms with Gasteiger partial charge in [-0.2, -0.15) is 0 Å². The van der Waals surface area contributed by atoms with Crippen molar-refractivity contribution in [2.45, 2.75) is 71.9 Å². The predicted molar refractivity (Wildman–Crippen MR) is 131 cm³/mol. The fourth-order valence-electron chi connectivity index (χ4n) is 3.57. The number of para-hydroxylation sites is 1. The van der Waals surface area contributed by atoms with Gasteiger partial charge in [0, 0.05) is 17.3 Å². The fourth-order valence-corrected chi connectivity index (χ4v) is 4.69. The number of nitrogens with zero attached hydrogens (tertiary/aromatic N) is 1. The first-order chi connectivity index (χ1) is 15.5. The topological polar surface area (TPSA) is 102 Å². The zero-order chi connectivity index (χ0) is 24.6. The second-order valence-corrected chi connectivity index (χ2v) is 11.7.